The Hall–Kier alpha value is -6.38. The topological polar surface area (TPSA) is 13.1 Å². The van der Waals surface area contributed by atoms with Crippen molar-refractivity contribution in [2.24, 2.45) is 11.8 Å². The molecule has 2 unspecified atom stereocenters. The lowest BCUT2D eigenvalue weighted by molar-refractivity contribution is -0.0281. The Morgan fingerprint density at radius 2 is 0.924 bits per heavy atom. The molecule has 0 N–H and O–H groups in total. The van der Waals surface area contributed by atoms with E-state index in [1.807, 2.05) is 0 Å². The molecule has 4 fully saturated rings. The predicted octanol–water partition coefficient (Wildman–Crippen LogP) is 14.7. The standard InChI is InChI=1S/C64H59BO/c1-40-28-42(3)60(43(4)29-40)65(61-44(5)30-41(2)31-45(61)6)55-15-10-14-52(34-55)51-13-9-12-50(33-51)48-20-24-53(25-21-48)63-35-46-32-47(36-63)38-64(37-46,39-63)54-26-22-49(23-27-54)56-17-11-18-58-57-16-7-8-19-59(57)66-62(56)58/h7-31,33-34,46-47H,32,35-39H2,1-6H3. The zero-order valence-corrected chi connectivity index (χ0v) is 39.5. The van der Waals surface area contributed by atoms with Gasteiger partial charge in [0, 0.05) is 16.3 Å². The van der Waals surface area contributed by atoms with Gasteiger partial charge >= 0.3 is 0 Å². The molecule has 0 radical (unpaired) electrons. The molecular weight excluding hydrogens is 796 g/mol. The molecule has 0 amide bonds. The third-order valence-electron chi connectivity index (χ3n) is 16.6. The smallest absolute Gasteiger partial charge is 0.242 e. The first-order valence-corrected chi connectivity index (χ1v) is 24.5. The van der Waals surface area contributed by atoms with E-state index in [-0.39, 0.29) is 17.5 Å². The number of benzene rings is 8. The van der Waals surface area contributed by atoms with Crippen LogP contribution in [0.2, 0.25) is 0 Å². The average Bonchev–Trinajstić information content (AvgIpc) is 3.69. The number of furan rings is 1. The fourth-order valence-corrected chi connectivity index (χ4v) is 14.5. The Bertz CT molecular complexity index is 3230. The second-order valence-corrected chi connectivity index (χ2v) is 21.2. The molecular formula is C64H59BO. The Kier molecular flexibility index (Phi) is 9.73. The van der Waals surface area contributed by atoms with Gasteiger partial charge in [0.25, 0.3) is 0 Å². The molecule has 8 aromatic carbocycles. The SMILES string of the molecule is Cc1cc(C)c(B(c2cccc(-c3cccc(-c4ccc(C56CC7CC(C5)CC(c5ccc(-c8cccc9c8oc8ccccc89)cc5)(C7)C6)cc4)c3)c2)c2c(C)cc(C)cc2C)c(C)c1. The van der Waals surface area contributed by atoms with Crippen LogP contribution in [0.5, 0.6) is 0 Å². The molecule has 0 aliphatic heterocycles. The van der Waals surface area contributed by atoms with Crippen LogP contribution in [-0.2, 0) is 10.8 Å². The summed E-state index contributed by atoms with van der Waals surface area (Å²) in [6, 6.07) is 62.6. The van der Waals surface area contributed by atoms with Gasteiger partial charge in [0.15, 0.2) is 0 Å². The normalized spacial score (nSPS) is 20.9. The molecule has 2 atom stereocenters. The average molecular weight is 855 g/mol. The van der Waals surface area contributed by atoms with Crippen molar-refractivity contribution in [1.82, 2.24) is 0 Å². The van der Waals surface area contributed by atoms with Crippen molar-refractivity contribution < 1.29 is 4.42 Å². The van der Waals surface area contributed by atoms with Gasteiger partial charge in [0.2, 0.25) is 6.71 Å². The Morgan fingerprint density at radius 3 is 1.52 bits per heavy atom. The van der Waals surface area contributed by atoms with Gasteiger partial charge in [0.1, 0.15) is 11.2 Å². The summed E-state index contributed by atoms with van der Waals surface area (Å²) in [5.41, 5.74) is 25.3. The maximum atomic E-state index is 6.45. The van der Waals surface area contributed by atoms with E-state index in [4.69, 9.17) is 4.42 Å². The molecule has 66 heavy (non-hydrogen) atoms. The molecule has 0 saturated heterocycles. The van der Waals surface area contributed by atoms with Crippen molar-refractivity contribution in [3.63, 3.8) is 0 Å². The van der Waals surface area contributed by atoms with Crippen LogP contribution in [0, 0.1) is 53.4 Å². The van der Waals surface area contributed by atoms with Crippen LogP contribution in [0.25, 0.3) is 55.3 Å². The lowest BCUT2D eigenvalue weighted by atomic mass is 9.34. The Labute approximate surface area is 392 Å². The molecule has 0 spiro atoms. The molecule has 4 bridgehead atoms. The summed E-state index contributed by atoms with van der Waals surface area (Å²) in [5.74, 6) is 1.58. The summed E-state index contributed by atoms with van der Waals surface area (Å²) in [6.45, 7) is 13.8. The van der Waals surface area contributed by atoms with Gasteiger partial charge < -0.3 is 4.42 Å². The first-order valence-electron chi connectivity index (χ1n) is 24.5. The monoisotopic (exact) mass is 854 g/mol. The summed E-state index contributed by atoms with van der Waals surface area (Å²) < 4.78 is 6.45. The van der Waals surface area contributed by atoms with Crippen molar-refractivity contribution in [1.29, 1.82) is 0 Å². The van der Waals surface area contributed by atoms with Crippen LogP contribution in [0.15, 0.2) is 168 Å². The minimum Gasteiger partial charge on any atom is -0.455 e. The van der Waals surface area contributed by atoms with Crippen LogP contribution in [0.1, 0.15) is 83.0 Å². The number of para-hydroxylation sites is 2. The summed E-state index contributed by atoms with van der Waals surface area (Å²) in [4.78, 5) is 0. The molecule has 4 saturated carbocycles. The van der Waals surface area contributed by atoms with Gasteiger partial charge in [-0.05, 0) is 154 Å². The number of aryl methyl sites for hydroxylation is 6. The van der Waals surface area contributed by atoms with Crippen LogP contribution >= 0.6 is 0 Å². The molecule has 1 nitrogen and oxygen atoms in total. The lowest BCUT2D eigenvalue weighted by Gasteiger charge is -2.63. The fourth-order valence-electron chi connectivity index (χ4n) is 14.5. The van der Waals surface area contributed by atoms with Crippen LogP contribution in [-0.4, -0.2) is 6.71 Å². The molecule has 1 heterocycles. The minimum atomic E-state index is 0.147. The third-order valence-corrected chi connectivity index (χ3v) is 16.6. The fraction of sp³-hybridized carbons (Fsp3) is 0.250. The third kappa shape index (κ3) is 6.82. The lowest BCUT2D eigenvalue weighted by Crippen LogP contribution is -2.55. The summed E-state index contributed by atoms with van der Waals surface area (Å²) >= 11 is 0. The van der Waals surface area contributed by atoms with Gasteiger partial charge in [-0.1, -0.05) is 201 Å². The maximum absolute atomic E-state index is 6.45. The van der Waals surface area contributed by atoms with Gasteiger partial charge in [0.05, 0.1) is 0 Å². The summed E-state index contributed by atoms with van der Waals surface area (Å²) in [5, 5.41) is 2.38. The molecule has 2 heteroatoms. The highest BCUT2D eigenvalue weighted by Crippen LogP contribution is 2.66. The van der Waals surface area contributed by atoms with Gasteiger partial charge in [-0.25, -0.2) is 0 Å². The van der Waals surface area contributed by atoms with E-state index >= 15 is 0 Å². The highest BCUT2D eigenvalue weighted by Gasteiger charge is 2.58. The Balaban J connectivity index is 0.837. The number of rotatable bonds is 8. The maximum Gasteiger partial charge on any atom is 0.242 e. The predicted molar refractivity (Wildman–Crippen MR) is 280 cm³/mol. The minimum absolute atomic E-state index is 0.147. The molecule has 4 aliphatic rings. The van der Waals surface area contributed by atoms with Gasteiger partial charge in [-0.15, -0.1) is 0 Å². The van der Waals surface area contributed by atoms with Crippen molar-refractivity contribution >= 4 is 45.0 Å². The highest BCUT2D eigenvalue weighted by molar-refractivity contribution is 6.96. The van der Waals surface area contributed by atoms with E-state index in [0.29, 0.717) is 0 Å². The number of fused-ring (bicyclic) bond motifs is 3. The van der Waals surface area contributed by atoms with Gasteiger partial charge in [-0.2, -0.15) is 0 Å². The van der Waals surface area contributed by atoms with Crippen molar-refractivity contribution in [2.45, 2.75) is 90.9 Å². The van der Waals surface area contributed by atoms with E-state index in [9.17, 15) is 0 Å². The van der Waals surface area contributed by atoms with Gasteiger partial charge in [-0.3, -0.25) is 0 Å². The van der Waals surface area contributed by atoms with Crippen LogP contribution < -0.4 is 16.4 Å². The van der Waals surface area contributed by atoms with Crippen molar-refractivity contribution in [3.8, 4) is 33.4 Å². The Morgan fingerprint density at radius 1 is 0.439 bits per heavy atom. The largest absolute Gasteiger partial charge is 0.455 e. The summed E-state index contributed by atoms with van der Waals surface area (Å²) in [6.07, 6.45) is 7.95. The quantitative estimate of drug-likeness (QED) is 0.139. The van der Waals surface area contributed by atoms with E-state index < -0.39 is 0 Å². The second kappa shape index (κ2) is 15.6. The van der Waals surface area contributed by atoms with E-state index in [1.54, 1.807) is 11.1 Å². The first kappa shape index (κ1) is 41.1. The molecule has 1 aromatic heterocycles. The summed E-state index contributed by atoms with van der Waals surface area (Å²) in [7, 11) is 0. The van der Waals surface area contributed by atoms with Crippen molar-refractivity contribution in [3.05, 3.63) is 208 Å². The molecule has 324 valence electrons. The highest BCUT2D eigenvalue weighted by atomic mass is 16.3. The molecule has 13 rings (SSSR count). The molecule has 9 aromatic rings. The van der Waals surface area contributed by atoms with Crippen LogP contribution in [0.3, 0.4) is 0 Å². The van der Waals surface area contributed by atoms with Crippen LogP contribution in [0.4, 0.5) is 0 Å². The molecule has 4 aliphatic carbocycles. The van der Waals surface area contributed by atoms with E-state index in [1.165, 1.54) is 132 Å². The van der Waals surface area contributed by atoms with E-state index in [0.717, 1.165) is 23.0 Å². The second-order valence-electron chi connectivity index (χ2n) is 21.2. The first-order chi connectivity index (χ1) is 32.0. The van der Waals surface area contributed by atoms with E-state index in [2.05, 4.69) is 205 Å². The zero-order valence-electron chi connectivity index (χ0n) is 39.5. The number of hydrogen-bond acceptors (Lipinski definition) is 1. The van der Waals surface area contributed by atoms with Crippen molar-refractivity contribution in [2.75, 3.05) is 0 Å². The number of hydrogen-bond donors (Lipinski definition) is 0. The zero-order chi connectivity index (χ0) is 44.9.